The van der Waals surface area contributed by atoms with Gasteiger partial charge in [0.2, 0.25) is 0 Å². The third-order valence-corrected chi connectivity index (χ3v) is 7.09. The van der Waals surface area contributed by atoms with Crippen molar-refractivity contribution in [3.63, 3.8) is 0 Å². The van der Waals surface area contributed by atoms with Gasteiger partial charge in [0.1, 0.15) is 5.82 Å². The Morgan fingerprint density at radius 3 is 2.47 bits per heavy atom. The lowest BCUT2D eigenvalue weighted by molar-refractivity contribution is -0.117. The first-order chi connectivity index (χ1) is 16.4. The van der Waals surface area contributed by atoms with Crippen molar-refractivity contribution in [1.29, 1.82) is 0 Å². The molecule has 2 aliphatic heterocycles. The summed E-state index contributed by atoms with van der Waals surface area (Å²) in [4.78, 5) is 27.1. The molecule has 0 unspecified atom stereocenters. The van der Waals surface area contributed by atoms with Gasteiger partial charge in [-0.25, -0.2) is 9.18 Å². The molecule has 0 saturated carbocycles. The Bertz CT molecular complexity index is 1070. The molecule has 1 fully saturated rings. The maximum Gasteiger partial charge on any atom is 0.319 e. The first-order valence-corrected chi connectivity index (χ1v) is 12.1. The minimum absolute atomic E-state index is 0.200. The standard InChI is InChI=1S/C25H27Cl2FN4O2/c26-21-7-4-18(14-22(21)27)23-20(15-30-25(34)31-23)24(33)29-10-1-11-32-12-8-17(9-13-32)16-2-5-19(28)6-3-16/h2-7,14-15,17,23H,1,8-13H2,(H,29,33)(H2,30,31,34)/t23-/m1/s1. The first kappa shape index (κ1) is 24.5. The van der Waals surface area contributed by atoms with Crippen LogP contribution in [0.5, 0.6) is 0 Å². The Balaban J connectivity index is 1.24. The van der Waals surface area contributed by atoms with E-state index in [-0.39, 0.29) is 11.7 Å². The van der Waals surface area contributed by atoms with Crippen molar-refractivity contribution >= 4 is 35.1 Å². The minimum Gasteiger partial charge on any atom is -0.352 e. The highest BCUT2D eigenvalue weighted by atomic mass is 35.5. The van der Waals surface area contributed by atoms with E-state index in [1.54, 1.807) is 18.2 Å². The molecule has 0 aliphatic carbocycles. The molecule has 2 aromatic carbocycles. The number of hydrogen-bond acceptors (Lipinski definition) is 3. The summed E-state index contributed by atoms with van der Waals surface area (Å²) in [7, 11) is 0. The van der Waals surface area contributed by atoms with Crippen molar-refractivity contribution in [2.45, 2.75) is 31.2 Å². The molecule has 2 aliphatic rings. The second-order valence-corrected chi connectivity index (χ2v) is 9.42. The molecular formula is C25H27Cl2FN4O2. The van der Waals surface area contributed by atoms with Gasteiger partial charge in [0.05, 0.1) is 21.7 Å². The zero-order valence-electron chi connectivity index (χ0n) is 18.6. The number of piperidine rings is 1. The summed E-state index contributed by atoms with van der Waals surface area (Å²) in [5.41, 5.74) is 2.28. The van der Waals surface area contributed by atoms with Gasteiger partial charge in [-0.1, -0.05) is 41.4 Å². The van der Waals surface area contributed by atoms with Crippen LogP contribution in [0.1, 0.15) is 42.3 Å². The lowest BCUT2D eigenvalue weighted by Gasteiger charge is -2.32. The maximum atomic E-state index is 13.1. The van der Waals surface area contributed by atoms with Crippen LogP contribution in [0.15, 0.2) is 54.2 Å². The van der Waals surface area contributed by atoms with E-state index in [0.29, 0.717) is 33.6 Å². The van der Waals surface area contributed by atoms with Crippen molar-refractivity contribution in [3.05, 3.63) is 81.2 Å². The summed E-state index contributed by atoms with van der Waals surface area (Å²) in [5.74, 6) is 0.0167. The normalized spacial score (nSPS) is 19.2. The number of carbonyl (C=O) groups is 2. The molecular weight excluding hydrogens is 478 g/mol. The fraction of sp³-hybridized carbons (Fsp3) is 0.360. The third kappa shape index (κ3) is 6.09. The number of carbonyl (C=O) groups excluding carboxylic acids is 2. The van der Waals surface area contributed by atoms with Crippen LogP contribution in [0.4, 0.5) is 9.18 Å². The van der Waals surface area contributed by atoms with Gasteiger partial charge in [0.25, 0.3) is 5.91 Å². The average Bonchev–Trinajstić information content (AvgIpc) is 2.84. The zero-order chi connectivity index (χ0) is 24.1. The smallest absolute Gasteiger partial charge is 0.319 e. The van der Waals surface area contributed by atoms with Gasteiger partial charge in [-0.05, 0) is 80.2 Å². The van der Waals surface area contributed by atoms with E-state index in [9.17, 15) is 14.0 Å². The summed E-state index contributed by atoms with van der Waals surface area (Å²) in [6.45, 7) is 3.38. The number of nitrogens with one attached hydrogen (secondary N) is 3. The van der Waals surface area contributed by atoms with Crippen LogP contribution in [0.2, 0.25) is 10.0 Å². The molecule has 3 amide bonds. The van der Waals surface area contributed by atoms with E-state index >= 15 is 0 Å². The fourth-order valence-corrected chi connectivity index (χ4v) is 4.77. The zero-order valence-corrected chi connectivity index (χ0v) is 20.1. The molecule has 3 N–H and O–H groups in total. The molecule has 2 heterocycles. The molecule has 0 aromatic heterocycles. The van der Waals surface area contributed by atoms with Gasteiger partial charge < -0.3 is 20.9 Å². The molecule has 0 spiro atoms. The molecule has 2 aromatic rings. The van der Waals surface area contributed by atoms with Gasteiger partial charge in [0, 0.05) is 12.7 Å². The van der Waals surface area contributed by atoms with Crippen molar-refractivity contribution in [3.8, 4) is 0 Å². The van der Waals surface area contributed by atoms with Crippen LogP contribution in [0, 0.1) is 5.82 Å². The highest BCUT2D eigenvalue weighted by Gasteiger charge is 2.28. The Hall–Kier alpha value is -2.61. The number of halogens is 3. The van der Waals surface area contributed by atoms with Crippen LogP contribution in [0.25, 0.3) is 0 Å². The van der Waals surface area contributed by atoms with Crippen LogP contribution in [0.3, 0.4) is 0 Å². The van der Waals surface area contributed by atoms with E-state index in [2.05, 4.69) is 20.9 Å². The van der Waals surface area contributed by atoms with E-state index in [1.807, 2.05) is 12.1 Å². The Kier molecular flexibility index (Phi) is 8.08. The first-order valence-electron chi connectivity index (χ1n) is 11.4. The largest absolute Gasteiger partial charge is 0.352 e. The second-order valence-electron chi connectivity index (χ2n) is 8.60. The summed E-state index contributed by atoms with van der Waals surface area (Å²) in [6, 6.07) is 10.8. The Morgan fingerprint density at radius 1 is 1.06 bits per heavy atom. The predicted molar refractivity (Wildman–Crippen MR) is 131 cm³/mol. The molecule has 6 nitrogen and oxygen atoms in total. The monoisotopic (exact) mass is 504 g/mol. The molecule has 180 valence electrons. The Morgan fingerprint density at radius 2 is 1.76 bits per heavy atom. The average molecular weight is 505 g/mol. The summed E-state index contributed by atoms with van der Waals surface area (Å²) in [5, 5.41) is 9.02. The van der Waals surface area contributed by atoms with E-state index in [4.69, 9.17) is 23.2 Å². The van der Waals surface area contributed by atoms with Gasteiger partial charge >= 0.3 is 6.03 Å². The number of nitrogens with zero attached hydrogens (tertiary/aromatic N) is 1. The highest BCUT2D eigenvalue weighted by molar-refractivity contribution is 6.42. The Labute approximate surface area is 208 Å². The van der Waals surface area contributed by atoms with Crippen LogP contribution < -0.4 is 16.0 Å². The van der Waals surface area contributed by atoms with Gasteiger partial charge in [-0.3, -0.25) is 4.79 Å². The number of rotatable bonds is 7. The topological polar surface area (TPSA) is 73.5 Å². The fourth-order valence-electron chi connectivity index (χ4n) is 4.46. The molecule has 9 heteroatoms. The van der Waals surface area contributed by atoms with E-state index in [1.165, 1.54) is 23.9 Å². The summed E-state index contributed by atoms with van der Waals surface area (Å²) < 4.78 is 13.1. The number of urea groups is 1. The lowest BCUT2D eigenvalue weighted by Crippen LogP contribution is -2.45. The predicted octanol–water partition coefficient (Wildman–Crippen LogP) is 4.76. The molecule has 1 atom stereocenters. The third-order valence-electron chi connectivity index (χ3n) is 6.35. The highest BCUT2D eigenvalue weighted by Crippen LogP contribution is 2.30. The van der Waals surface area contributed by atoms with Crippen molar-refractivity contribution in [2.24, 2.45) is 0 Å². The summed E-state index contributed by atoms with van der Waals surface area (Å²) in [6.07, 6.45) is 4.34. The number of benzene rings is 2. The quantitative estimate of drug-likeness (QED) is 0.476. The molecule has 0 radical (unpaired) electrons. The minimum atomic E-state index is -0.617. The molecule has 34 heavy (non-hydrogen) atoms. The molecule has 1 saturated heterocycles. The molecule has 0 bridgehead atoms. The van der Waals surface area contributed by atoms with Crippen molar-refractivity contribution in [2.75, 3.05) is 26.2 Å². The van der Waals surface area contributed by atoms with Gasteiger partial charge in [-0.15, -0.1) is 0 Å². The number of amides is 3. The summed E-state index contributed by atoms with van der Waals surface area (Å²) >= 11 is 12.1. The lowest BCUT2D eigenvalue weighted by atomic mass is 9.89. The van der Waals surface area contributed by atoms with Gasteiger partial charge in [0.15, 0.2) is 0 Å². The van der Waals surface area contributed by atoms with Crippen LogP contribution >= 0.6 is 23.2 Å². The number of likely N-dealkylation sites (tertiary alicyclic amines) is 1. The molecule has 4 rings (SSSR count). The number of hydrogen-bond donors (Lipinski definition) is 3. The SMILES string of the molecule is O=C1NC=C(C(=O)NCCCN2CCC(c3ccc(F)cc3)CC2)[C@@H](c2ccc(Cl)c(Cl)c2)N1. The van der Waals surface area contributed by atoms with Crippen molar-refractivity contribution in [1.82, 2.24) is 20.9 Å². The van der Waals surface area contributed by atoms with Crippen LogP contribution in [-0.2, 0) is 4.79 Å². The van der Waals surface area contributed by atoms with E-state index in [0.717, 1.165) is 38.9 Å². The van der Waals surface area contributed by atoms with E-state index < -0.39 is 12.1 Å². The van der Waals surface area contributed by atoms with Crippen molar-refractivity contribution < 1.29 is 14.0 Å². The van der Waals surface area contributed by atoms with Gasteiger partial charge in [-0.2, -0.15) is 0 Å². The maximum absolute atomic E-state index is 13.1. The van der Waals surface area contributed by atoms with Crippen LogP contribution in [-0.4, -0.2) is 43.0 Å². The second kappa shape index (κ2) is 11.2.